The molecule has 2 heteroatoms. The van der Waals surface area contributed by atoms with E-state index >= 15 is 0 Å². The molecule has 0 fully saturated rings. The average Bonchev–Trinajstić information content (AvgIpc) is 2.40. The van der Waals surface area contributed by atoms with Crippen LogP contribution in [-0.2, 0) is 0 Å². The summed E-state index contributed by atoms with van der Waals surface area (Å²) >= 11 is 0. The van der Waals surface area contributed by atoms with E-state index in [4.69, 9.17) is 0 Å². The zero-order chi connectivity index (χ0) is 12.3. The Bertz CT molecular complexity index is 405. The van der Waals surface area contributed by atoms with Crippen molar-refractivity contribution in [2.24, 2.45) is 10.2 Å². The fourth-order valence-electron chi connectivity index (χ4n) is 1.10. The Kier molecular flexibility index (Phi) is 6.04. The highest BCUT2D eigenvalue weighted by molar-refractivity contribution is 5.39. The second-order valence-corrected chi connectivity index (χ2v) is 3.28. The minimum Gasteiger partial charge on any atom is -0.151 e. The second-order valence-electron chi connectivity index (χ2n) is 3.28. The lowest BCUT2D eigenvalue weighted by Gasteiger charge is -1.91. The van der Waals surface area contributed by atoms with Crippen LogP contribution in [0.15, 0.2) is 83.5 Å². The van der Waals surface area contributed by atoms with Gasteiger partial charge in [0.2, 0.25) is 0 Å². The normalized spacial score (nSPS) is 9.47. The maximum absolute atomic E-state index is 4.10. The first-order valence-electron chi connectivity index (χ1n) is 5.45. The van der Waals surface area contributed by atoms with Crippen LogP contribution < -0.4 is 0 Å². The van der Waals surface area contributed by atoms with Crippen LogP contribution >= 0.6 is 0 Å². The van der Waals surface area contributed by atoms with Crippen molar-refractivity contribution in [1.82, 2.24) is 0 Å². The van der Waals surface area contributed by atoms with Crippen LogP contribution in [0.25, 0.3) is 0 Å². The number of allylic oxidation sites excluding steroid dienone is 1. The standard InChI is InChI=1S/C12H10N2.C3H6/c1-3-7-11(8-4-1)13-14-12-9-5-2-6-10-12;1-3-2/h1-10H;3H,1H2,2H3. The Labute approximate surface area is 102 Å². The van der Waals surface area contributed by atoms with E-state index in [1.54, 1.807) is 6.08 Å². The highest BCUT2D eigenvalue weighted by Gasteiger charge is 1.86. The van der Waals surface area contributed by atoms with E-state index in [0.717, 1.165) is 11.4 Å². The van der Waals surface area contributed by atoms with Crippen LogP contribution in [0.2, 0.25) is 0 Å². The predicted octanol–water partition coefficient (Wildman–Crippen LogP) is 5.29. The SMILES string of the molecule is C=CC.c1ccc(N=Nc2ccccc2)cc1. The summed E-state index contributed by atoms with van der Waals surface area (Å²) in [6, 6.07) is 19.4. The monoisotopic (exact) mass is 224 g/mol. The molecule has 2 nitrogen and oxygen atoms in total. The predicted molar refractivity (Wildman–Crippen MR) is 72.9 cm³/mol. The molecule has 0 saturated heterocycles. The topological polar surface area (TPSA) is 24.7 Å². The molecule has 0 N–H and O–H groups in total. The van der Waals surface area contributed by atoms with Gasteiger partial charge in [-0.1, -0.05) is 42.5 Å². The van der Waals surface area contributed by atoms with Gasteiger partial charge in [-0.05, 0) is 31.2 Å². The van der Waals surface area contributed by atoms with Crippen molar-refractivity contribution in [3.63, 3.8) is 0 Å². The van der Waals surface area contributed by atoms with Crippen LogP contribution in [0, 0.1) is 0 Å². The Hall–Kier alpha value is -2.22. The summed E-state index contributed by atoms with van der Waals surface area (Å²) in [5.41, 5.74) is 1.74. The van der Waals surface area contributed by atoms with E-state index in [0.29, 0.717) is 0 Å². The molecular formula is C15H16N2. The van der Waals surface area contributed by atoms with Gasteiger partial charge in [0.25, 0.3) is 0 Å². The molecule has 0 unspecified atom stereocenters. The molecule has 0 heterocycles. The third kappa shape index (κ3) is 5.42. The largest absolute Gasteiger partial charge is 0.151 e. The molecule has 0 amide bonds. The first-order valence-corrected chi connectivity index (χ1v) is 5.45. The third-order valence-corrected chi connectivity index (χ3v) is 1.79. The van der Waals surface area contributed by atoms with E-state index in [2.05, 4.69) is 16.8 Å². The summed E-state index contributed by atoms with van der Waals surface area (Å²) in [4.78, 5) is 0. The minimum atomic E-state index is 0.872. The summed E-state index contributed by atoms with van der Waals surface area (Å²) in [6.45, 7) is 5.25. The lowest BCUT2D eigenvalue weighted by atomic mass is 10.3. The number of nitrogens with zero attached hydrogens (tertiary/aromatic N) is 2. The van der Waals surface area contributed by atoms with Gasteiger partial charge >= 0.3 is 0 Å². The molecule has 2 aromatic rings. The molecule has 86 valence electrons. The Morgan fingerprint density at radius 3 is 1.35 bits per heavy atom. The lowest BCUT2D eigenvalue weighted by molar-refractivity contribution is 1.23. The maximum atomic E-state index is 4.10. The van der Waals surface area contributed by atoms with Gasteiger partial charge in [0, 0.05) is 0 Å². The molecule has 2 aromatic carbocycles. The van der Waals surface area contributed by atoms with Gasteiger partial charge in [-0.3, -0.25) is 0 Å². The van der Waals surface area contributed by atoms with Gasteiger partial charge in [0.1, 0.15) is 0 Å². The molecule has 0 spiro atoms. The van der Waals surface area contributed by atoms with Crippen molar-refractivity contribution in [1.29, 1.82) is 0 Å². The van der Waals surface area contributed by atoms with E-state index in [1.165, 1.54) is 0 Å². The van der Waals surface area contributed by atoms with E-state index in [-0.39, 0.29) is 0 Å². The number of benzene rings is 2. The molecule has 0 aromatic heterocycles. The van der Waals surface area contributed by atoms with Crippen molar-refractivity contribution < 1.29 is 0 Å². The molecule has 0 bridgehead atoms. The molecule has 0 aliphatic carbocycles. The molecule has 0 atom stereocenters. The number of azo groups is 1. The molecule has 0 aliphatic rings. The van der Waals surface area contributed by atoms with Crippen molar-refractivity contribution in [2.75, 3.05) is 0 Å². The van der Waals surface area contributed by atoms with Crippen molar-refractivity contribution in [2.45, 2.75) is 6.92 Å². The van der Waals surface area contributed by atoms with Crippen molar-refractivity contribution >= 4 is 11.4 Å². The van der Waals surface area contributed by atoms with Gasteiger partial charge in [-0.25, -0.2) is 0 Å². The number of rotatable bonds is 2. The van der Waals surface area contributed by atoms with Crippen LogP contribution in [0.3, 0.4) is 0 Å². The molecule has 0 saturated carbocycles. The average molecular weight is 224 g/mol. The Morgan fingerprint density at radius 1 is 0.765 bits per heavy atom. The summed E-state index contributed by atoms with van der Waals surface area (Å²) in [5, 5.41) is 8.20. The summed E-state index contributed by atoms with van der Waals surface area (Å²) in [7, 11) is 0. The number of hydrogen-bond donors (Lipinski definition) is 0. The summed E-state index contributed by atoms with van der Waals surface area (Å²) in [6.07, 6.45) is 1.75. The first-order chi connectivity index (χ1) is 8.36. The minimum absolute atomic E-state index is 0.872. The molecule has 2 rings (SSSR count). The molecule has 0 radical (unpaired) electrons. The highest BCUT2D eigenvalue weighted by Crippen LogP contribution is 2.16. The van der Waals surface area contributed by atoms with Crippen LogP contribution in [0.4, 0.5) is 11.4 Å². The zero-order valence-corrected chi connectivity index (χ0v) is 9.95. The van der Waals surface area contributed by atoms with E-state index < -0.39 is 0 Å². The first kappa shape index (κ1) is 12.8. The third-order valence-electron chi connectivity index (χ3n) is 1.79. The van der Waals surface area contributed by atoms with Gasteiger partial charge in [0.15, 0.2) is 0 Å². The van der Waals surface area contributed by atoms with Gasteiger partial charge in [-0.2, -0.15) is 10.2 Å². The van der Waals surface area contributed by atoms with Gasteiger partial charge < -0.3 is 0 Å². The summed E-state index contributed by atoms with van der Waals surface area (Å²) in [5.74, 6) is 0. The lowest BCUT2D eigenvalue weighted by Crippen LogP contribution is -1.62. The van der Waals surface area contributed by atoms with Crippen LogP contribution in [0.5, 0.6) is 0 Å². The maximum Gasteiger partial charge on any atom is 0.0857 e. The Balaban J connectivity index is 0.000000437. The second kappa shape index (κ2) is 7.99. The van der Waals surface area contributed by atoms with E-state index in [1.807, 2.05) is 67.6 Å². The fourth-order valence-corrected chi connectivity index (χ4v) is 1.10. The van der Waals surface area contributed by atoms with E-state index in [9.17, 15) is 0 Å². The molecular weight excluding hydrogens is 208 g/mol. The Morgan fingerprint density at radius 2 is 1.06 bits per heavy atom. The zero-order valence-electron chi connectivity index (χ0n) is 9.95. The van der Waals surface area contributed by atoms with Crippen molar-refractivity contribution in [3.05, 3.63) is 73.3 Å². The summed E-state index contributed by atoms with van der Waals surface area (Å²) < 4.78 is 0. The van der Waals surface area contributed by atoms with Crippen LogP contribution in [-0.4, -0.2) is 0 Å². The van der Waals surface area contributed by atoms with Gasteiger partial charge in [0.05, 0.1) is 11.4 Å². The van der Waals surface area contributed by atoms with Crippen molar-refractivity contribution in [3.8, 4) is 0 Å². The highest BCUT2D eigenvalue weighted by atomic mass is 15.1. The fraction of sp³-hybridized carbons (Fsp3) is 0.0667. The van der Waals surface area contributed by atoms with Crippen LogP contribution in [0.1, 0.15) is 6.92 Å². The smallest absolute Gasteiger partial charge is 0.0857 e. The quantitative estimate of drug-likeness (QED) is 0.489. The molecule has 17 heavy (non-hydrogen) atoms. The number of hydrogen-bond acceptors (Lipinski definition) is 2. The molecule has 0 aliphatic heterocycles. The van der Waals surface area contributed by atoms with Gasteiger partial charge in [-0.15, -0.1) is 6.58 Å².